The topological polar surface area (TPSA) is 62.3 Å². The zero-order valence-corrected chi connectivity index (χ0v) is 17.7. The van der Waals surface area contributed by atoms with Gasteiger partial charge in [0.2, 0.25) is 0 Å². The predicted octanol–water partition coefficient (Wildman–Crippen LogP) is 4.97. The number of hydrogen-bond donors (Lipinski definition) is 1. The fourth-order valence-corrected chi connectivity index (χ4v) is 6.74. The van der Waals surface area contributed by atoms with Gasteiger partial charge in [0, 0.05) is 29.4 Å². The van der Waals surface area contributed by atoms with Crippen molar-refractivity contribution in [2.24, 2.45) is 0 Å². The molecular formula is C23H23F2N3O2S. The maximum absolute atomic E-state index is 13.8. The molecule has 2 aliphatic rings. The summed E-state index contributed by atoms with van der Waals surface area (Å²) in [5.74, 6) is -0.449. The Bertz CT molecular complexity index is 1220. The number of benzene rings is 2. The van der Waals surface area contributed by atoms with Gasteiger partial charge in [0.05, 0.1) is 5.52 Å². The highest BCUT2D eigenvalue weighted by atomic mass is 32.2. The SMILES string of the molecule is O=S(=O)(Nc1ccc(F)cc1)N1CCC12CCC(c1ccnc3ccc(F)cc13)CC2. The molecule has 0 amide bonds. The van der Waals surface area contributed by atoms with Gasteiger partial charge in [-0.25, -0.2) is 8.78 Å². The Morgan fingerprint density at radius 2 is 1.68 bits per heavy atom. The normalized spacial score (nSPS) is 24.3. The zero-order valence-electron chi connectivity index (χ0n) is 16.9. The molecule has 1 aliphatic heterocycles. The maximum atomic E-state index is 13.8. The molecule has 0 bridgehead atoms. The minimum absolute atomic E-state index is 0.244. The molecule has 1 spiro atoms. The molecule has 0 radical (unpaired) electrons. The Morgan fingerprint density at radius 1 is 0.968 bits per heavy atom. The van der Waals surface area contributed by atoms with E-state index in [1.807, 2.05) is 6.07 Å². The third-order valence-electron chi connectivity index (χ3n) is 6.78. The molecule has 2 aromatic carbocycles. The van der Waals surface area contributed by atoms with Crippen LogP contribution in [-0.4, -0.2) is 29.8 Å². The third kappa shape index (κ3) is 3.68. The monoisotopic (exact) mass is 443 g/mol. The van der Waals surface area contributed by atoms with Gasteiger partial charge in [0.1, 0.15) is 11.6 Å². The van der Waals surface area contributed by atoms with Crippen LogP contribution in [0.25, 0.3) is 10.9 Å². The highest BCUT2D eigenvalue weighted by Gasteiger charge is 2.52. The Kier molecular flexibility index (Phi) is 4.94. The van der Waals surface area contributed by atoms with E-state index in [1.165, 1.54) is 36.4 Å². The molecule has 162 valence electrons. The summed E-state index contributed by atoms with van der Waals surface area (Å²) in [6.07, 6.45) is 5.75. The van der Waals surface area contributed by atoms with Crippen molar-refractivity contribution in [3.63, 3.8) is 0 Å². The van der Waals surface area contributed by atoms with Crippen molar-refractivity contribution in [3.8, 4) is 0 Å². The zero-order chi connectivity index (χ0) is 21.6. The molecule has 2 fully saturated rings. The highest BCUT2D eigenvalue weighted by Crippen LogP contribution is 2.49. The van der Waals surface area contributed by atoms with Crippen molar-refractivity contribution < 1.29 is 17.2 Å². The first-order valence-corrected chi connectivity index (χ1v) is 11.9. The second kappa shape index (κ2) is 7.53. The third-order valence-corrected chi connectivity index (χ3v) is 8.43. The molecule has 1 N–H and O–H groups in total. The second-order valence-electron chi connectivity index (χ2n) is 8.50. The predicted molar refractivity (Wildman–Crippen MR) is 116 cm³/mol. The van der Waals surface area contributed by atoms with E-state index in [4.69, 9.17) is 0 Å². The van der Waals surface area contributed by atoms with Crippen LogP contribution in [-0.2, 0) is 10.2 Å². The van der Waals surface area contributed by atoms with Crippen molar-refractivity contribution in [1.29, 1.82) is 0 Å². The van der Waals surface area contributed by atoms with E-state index in [0.717, 1.165) is 48.6 Å². The molecule has 1 saturated carbocycles. The lowest BCUT2D eigenvalue weighted by Gasteiger charge is -2.54. The number of nitrogens with one attached hydrogen (secondary N) is 1. The van der Waals surface area contributed by atoms with Crippen molar-refractivity contribution >= 4 is 26.8 Å². The molecule has 5 nitrogen and oxygen atoms in total. The molecule has 2 heterocycles. The lowest BCUT2D eigenvalue weighted by Crippen LogP contribution is -2.64. The van der Waals surface area contributed by atoms with Gasteiger partial charge in [0.15, 0.2) is 0 Å². The summed E-state index contributed by atoms with van der Waals surface area (Å²) in [6.45, 7) is 0.477. The summed E-state index contributed by atoms with van der Waals surface area (Å²) in [6, 6.07) is 11.9. The summed E-state index contributed by atoms with van der Waals surface area (Å²) in [7, 11) is -3.72. The second-order valence-corrected chi connectivity index (χ2v) is 10.1. The lowest BCUT2D eigenvalue weighted by molar-refractivity contribution is 0.0286. The van der Waals surface area contributed by atoms with Crippen LogP contribution in [0.2, 0.25) is 0 Å². The molecule has 5 rings (SSSR count). The first kappa shape index (κ1) is 20.3. The first-order valence-electron chi connectivity index (χ1n) is 10.5. The van der Waals surface area contributed by atoms with Crippen LogP contribution in [0.3, 0.4) is 0 Å². The number of fused-ring (bicyclic) bond motifs is 1. The summed E-state index contributed by atoms with van der Waals surface area (Å²) in [5, 5.41) is 0.833. The quantitative estimate of drug-likeness (QED) is 0.619. The van der Waals surface area contributed by atoms with Crippen LogP contribution in [0.1, 0.15) is 43.6 Å². The van der Waals surface area contributed by atoms with Crippen molar-refractivity contribution in [1.82, 2.24) is 9.29 Å². The standard InChI is InChI=1S/C23H23F2N3O2S/c24-17-1-4-19(5-2-17)27-31(29,30)28-14-12-23(28)10-7-16(8-11-23)20-9-13-26-22-6-3-18(25)15-21(20)22/h1-6,9,13,15-16,27H,7-8,10-12,14H2. The van der Waals surface area contributed by atoms with Crippen molar-refractivity contribution in [3.05, 3.63) is 71.9 Å². The fourth-order valence-electron chi connectivity index (χ4n) is 5.08. The Morgan fingerprint density at radius 3 is 2.35 bits per heavy atom. The van der Waals surface area contributed by atoms with Gasteiger partial charge in [-0.2, -0.15) is 12.7 Å². The number of nitrogens with zero attached hydrogens (tertiary/aromatic N) is 2. The molecule has 31 heavy (non-hydrogen) atoms. The van der Waals surface area contributed by atoms with Crippen LogP contribution in [0.5, 0.6) is 0 Å². The lowest BCUT2D eigenvalue weighted by atomic mass is 9.69. The highest BCUT2D eigenvalue weighted by molar-refractivity contribution is 7.90. The van der Waals surface area contributed by atoms with Crippen LogP contribution in [0, 0.1) is 11.6 Å². The Balaban J connectivity index is 1.33. The van der Waals surface area contributed by atoms with E-state index in [9.17, 15) is 17.2 Å². The molecule has 8 heteroatoms. The van der Waals surface area contributed by atoms with Crippen LogP contribution in [0.4, 0.5) is 14.5 Å². The number of aromatic nitrogens is 1. The van der Waals surface area contributed by atoms with E-state index < -0.39 is 16.0 Å². The number of anilines is 1. The van der Waals surface area contributed by atoms with Crippen LogP contribution >= 0.6 is 0 Å². The average Bonchev–Trinajstić information content (AvgIpc) is 2.74. The summed E-state index contributed by atoms with van der Waals surface area (Å²) in [5.41, 5.74) is 1.83. The van der Waals surface area contributed by atoms with Crippen molar-refractivity contribution in [2.75, 3.05) is 11.3 Å². The fraction of sp³-hybridized carbons (Fsp3) is 0.348. The number of pyridine rings is 1. The summed E-state index contributed by atoms with van der Waals surface area (Å²) < 4.78 is 57.0. The van der Waals surface area contributed by atoms with Gasteiger partial charge in [-0.05, 0) is 92.1 Å². The first-order chi connectivity index (χ1) is 14.9. The molecule has 0 unspecified atom stereocenters. The molecule has 1 aliphatic carbocycles. The van der Waals surface area contributed by atoms with E-state index in [0.29, 0.717) is 12.2 Å². The van der Waals surface area contributed by atoms with Gasteiger partial charge < -0.3 is 0 Å². The van der Waals surface area contributed by atoms with E-state index in [-0.39, 0.29) is 17.3 Å². The average molecular weight is 444 g/mol. The molecule has 3 aromatic rings. The van der Waals surface area contributed by atoms with Gasteiger partial charge in [-0.3, -0.25) is 9.71 Å². The molecule has 0 atom stereocenters. The summed E-state index contributed by atoms with van der Waals surface area (Å²) in [4.78, 5) is 4.34. The minimum Gasteiger partial charge on any atom is -0.271 e. The van der Waals surface area contributed by atoms with Crippen molar-refractivity contribution in [2.45, 2.75) is 43.6 Å². The summed E-state index contributed by atoms with van der Waals surface area (Å²) >= 11 is 0. The number of halogens is 2. The van der Waals surface area contributed by atoms with Gasteiger partial charge in [-0.15, -0.1) is 0 Å². The van der Waals surface area contributed by atoms with Gasteiger partial charge in [0.25, 0.3) is 0 Å². The van der Waals surface area contributed by atoms with E-state index in [2.05, 4.69) is 9.71 Å². The molecule has 1 aromatic heterocycles. The smallest absolute Gasteiger partial charge is 0.271 e. The molecular weight excluding hydrogens is 420 g/mol. The maximum Gasteiger partial charge on any atom is 0.302 e. The van der Waals surface area contributed by atoms with E-state index in [1.54, 1.807) is 16.6 Å². The van der Waals surface area contributed by atoms with Crippen LogP contribution in [0.15, 0.2) is 54.7 Å². The number of rotatable bonds is 4. The number of hydrogen-bond acceptors (Lipinski definition) is 3. The van der Waals surface area contributed by atoms with Crippen LogP contribution < -0.4 is 4.72 Å². The van der Waals surface area contributed by atoms with E-state index >= 15 is 0 Å². The largest absolute Gasteiger partial charge is 0.302 e. The van der Waals surface area contributed by atoms with Gasteiger partial charge >= 0.3 is 10.2 Å². The Labute approximate surface area is 180 Å². The van der Waals surface area contributed by atoms with Gasteiger partial charge in [-0.1, -0.05) is 0 Å². The molecule has 1 saturated heterocycles. The Hall–Kier alpha value is -2.58. The minimum atomic E-state index is -3.72.